The fraction of sp³-hybridized carbons (Fsp3) is 0.769. The van der Waals surface area contributed by atoms with Crippen molar-refractivity contribution in [3.8, 4) is 0 Å². The van der Waals surface area contributed by atoms with Crippen molar-refractivity contribution in [3.05, 3.63) is 11.9 Å². The summed E-state index contributed by atoms with van der Waals surface area (Å²) in [6, 6.07) is 0. The fourth-order valence-corrected chi connectivity index (χ4v) is 2.24. The van der Waals surface area contributed by atoms with Gasteiger partial charge in [0.05, 0.1) is 12.8 Å². The van der Waals surface area contributed by atoms with Gasteiger partial charge in [-0.2, -0.15) is 0 Å². The third kappa shape index (κ3) is 3.93. The standard InChI is InChI=1S/C13H22N4O3/c1-13(2,3)20-12(19)16-5-4-10(6-16)7-17-8-11(9-18)14-15-17/h8,10,18H,4-7,9H2,1-3H3/t10-/m1/s1. The largest absolute Gasteiger partial charge is 0.444 e. The Morgan fingerprint density at radius 3 is 2.90 bits per heavy atom. The van der Waals surface area contributed by atoms with Gasteiger partial charge in [0.25, 0.3) is 0 Å². The van der Waals surface area contributed by atoms with Crippen LogP contribution in [0.15, 0.2) is 6.20 Å². The number of nitrogens with zero attached hydrogens (tertiary/aromatic N) is 4. The molecule has 1 fully saturated rings. The van der Waals surface area contributed by atoms with E-state index < -0.39 is 5.60 Å². The monoisotopic (exact) mass is 282 g/mol. The van der Waals surface area contributed by atoms with Crippen molar-refractivity contribution in [2.75, 3.05) is 13.1 Å². The summed E-state index contributed by atoms with van der Waals surface area (Å²) < 4.78 is 7.08. The number of rotatable bonds is 3. The summed E-state index contributed by atoms with van der Waals surface area (Å²) in [4.78, 5) is 13.7. The minimum Gasteiger partial charge on any atom is -0.444 e. The molecule has 1 N–H and O–H groups in total. The van der Waals surface area contributed by atoms with Crippen molar-refractivity contribution in [3.63, 3.8) is 0 Å². The van der Waals surface area contributed by atoms with Crippen LogP contribution in [0.2, 0.25) is 0 Å². The van der Waals surface area contributed by atoms with Crippen LogP contribution in [-0.2, 0) is 17.9 Å². The van der Waals surface area contributed by atoms with Crippen molar-refractivity contribution in [1.82, 2.24) is 19.9 Å². The lowest BCUT2D eigenvalue weighted by molar-refractivity contribution is 0.0286. The fourth-order valence-electron chi connectivity index (χ4n) is 2.24. The molecule has 1 aliphatic rings. The highest BCUT2D eigenvalue weighted by molar-refractivity contribution is 5.68. The predicted molar refractivity (Wildman–Crippen MR) is 71.9 cm³/mol. The Morgan fingerprint density at radius 2 is 2.30 bits per heavy atom. The van der Waals surface area contributed by atoms with Gasteiger partial charge in [-0.3, -0.25) is 4.68 Å². The van der Waals surface area contributed by atoms with Gasteiger partial charge in [-0.05, 0) is 33.1 Å². The second-order valence-corrected chi connectivity index (χ2v) is 6.17. The summed E-state index contributed by atoms with van der Waals surface area (Å²) in [6.07, 6.45) is 2.40. The van der Waals surface area contributed by atoms with E-state index in [1.165, 1.54) is 0 Å². The SMILES string of the molecule is CC(C)(C)OC(=O)N1CC[C@@H](Cn2cc(CO)nn2)C1. The Bertz CT molecular complexity index is 466. The lowest BCUT2D eigenvalue weighted by Crippen LogP contribution is -2.35. The van der Waals surface area contributed by atoms with E-state index in [0.717, 1.165) is 6.42 Å². The molecule has 2 heterocycles. The molecule has 112 valence electrons. The number of hydrogen-bond donors (Lipinski definition) is 1. The van der Waals surface area contributed by atoms with Crippen LogP contribution in [0, 0.1) is 5.92 Å². The van der Waals surface area contributed by atoms with Gasteiger partial charge >= 0.3 is 6.09 Å². The maximum atomic E-state index is 11.9. The first-order valence-corrected chi connectivity index (χ1v) is 6.85. The van der Waals surface area contributed by atoms with Gasteiger partial charge < -0.3 is 14.7 Å². The quantitative estimate of drug-likeness (QED) is 0.895. The summed E-state index contributed by atoms with van der Waals surface area (Å²) in [5, 5.41) is 16.7. The molecule has 1 aromatic heterocycles. The molecular formula is C13H22N4O3. The minimum absolute atomic E-state index is 0.102. The average molecular weight is 282 g/mol. The number of likely N-dealkylation sites (tertiary alicyclic amines) is 1. The molecule has 1 atom stereocenters. The molecule has 1 amide bonds. The summed E-state index contributed by atoms with van der Waals surface area (Å²) in [7, 11) is 0. The zero-order chi connectivity index (χ0) is 14.8. The molecule has 0 aliphatic carbocycles. The van der Waals surface area contributed by atoms with Crippen LogP contribution in [0.1, 0.15) is 32.9 Å². The highest BCUT2D eigenvalue weighted by atomic mass is 16.6. The molecule has 0 radical (unpaired) electrons. The number of carbonyl (C=O) groups excluding carboxylic acids is 1. The Kier molecular flexibility index (Phi) is 4.27. The van der Waals surface area contributed by atoms with Gasteiger partial charge in [0.2, 0.25) is 0 Å². The van der Waals surface area contributed by atoms with Crippen LogP contribution in [-0.4, -0.2) is 49.8 Å². The zero-order valence-corrected chi connectivity index (χ0v) is 12.2. The number of aliphatic hydroxyl groups is 1. The number of hydrogen-bond acceptors (Lipinski definition) is 5. The van der Waals surface area contributed by atoms with Crippen molar-refractivity contribution >= 4 is 6.09 Å². The van der Waals surface area contributed by atoms with E-state index in [1.54, 1.807) is 15.8 Å². The number of aliphatic hydroxyl groups excluding tert-OH is 1. The third-order valence-corrected chi connectivity index (χ3v) is 3.13. The first-order valence-electron chi connectivity index (χ1n) is 6.85. The van der Waals surface area contributed by atoms with E-state index in [-0.39, 0.29) is 12.7 Å². The second kappa shape index (κ2) is 5.78. The van der Waals surface area contributed by atoms with Gasteiger partial charge in [-0.15, -0.1) is 5.10 Å². The average Bonchev–Trinajstić information content (AvgIpc) is 2.96. The van der Waals surface area contributed by atoms with Crippen LogP contribution in [0.4, 0.5) is 4.79 Å². The van der Waals surface area contributed by atoms with E-state index in [4.69, 9.17) is 9.84 Å². The van der Waals surface area contributed by atoms with Crippen molar-refractivity contribution in [1.29, 1.82) is 0 Å². The van der Waals surface area contributed by atoms with E-state index >= 15 is 0 Å². The van der Waals surface area contributed by atoms with Crippen LogP contribution in [0.3, 0.4) is 0 Å². The summed E-state index contributed by atoms with van der Waals surface area (Å²) >= 11 is 0. The predicted octanol–water partition coefficient (Wildman–Crippen LogP) is 1.03. The molecule has 0 aromatic carbocycles. The number of amides is 1. The van der Waals surface area contributed by atoms with E-state index in [9.17, 15) is 4.79 Å². The smallest absolute Gasteiger partial charge is 0.410 e. The highest BCUT2D eigenvalue weighted by Gasteiger charge is 2.30. The Morgan fingerprint density at radius 1 is 1.55 bits per heavy atom. The topological polar surface area (TPSA) is 80.5 Å². The van der Waals surface area contributed by atoms with E-state index in [1.807, 2.05) is 20.8 Å². The number of carbonyl (C=O) groups is 1. The molecular weight excluding hydrogens is 260 g/mol. The second-order valence-electron chi connectivity index (χ2n) is 6.17. The first-order chi connectivity index (χ1) is 9.37. The van der Waals surface area contributed by atoms with Crippen LogP contribution < -0.4 is 0 Å². The van der Waals surface area contributed by atoms with Gasteiger partial charge in [-0.1, -0.05) is 5.21 Å². The summed E-state index contributed by atoms with van der Waals surface area (Å²) in [6.45, 7) is 7.57. The van der Waals surface area contributed by atoms with Crippen LogP contribution in [0.5, 0.6) is 0 Å². The molecule has 7 heteroatoms. The van der Waals surface area contributed by atoms with Gasteiger partial charge in [0.15, 0.2) is 0 Å². The lowest BCUT2D eigenvalue weighted by Gasteiger charge is -2.24. The molecule has 0 spiro atoms. The van der Waals surface area contributed by atoms with Gasteiger partial charge in [-0.25, -0.2) is 4.79 Å². The molecule has 0 bridgehead atoms. The molecule has 1 saturated heterocycles. The summed E-state index contributed by atoms with van der Waals surface area (Å²) in [5.74, 6) is 0.343. The van der Waals surface area contributed by atoms with Gasteiger partial charge in [0, 0.05) is 19.6 Å². The Hall–Kier alpha value is -1.63. The molecule has 0 unspecified atom stereocenters. The van der Waals surface area contributed by atoms with Crippen LogP contribution in [0.25, 0.3) is 0 Å². The third-order valence-electron chi connectivity index (χ3n) is 3.13. The Balaban J connectivity index is 1.84. The van der Waals surface area contributed by atoms with E-state index in [0.29, 0.717) is 31.2 Å². The lowest BCUT2D eigenvalue weighted by atomic mass is 10.1. The number of aromatic nitrogens is 3. The van der Waals surface area contributed by atoms with E-state index in [2.05, 4.69) is 10.3 Å². The zero-order valence-electron chi connectivity index (χ0n) is 12.2. The molecule has 2 rings (SSSR count). The maximum Gasteiger partial charge on any atom is 0.410 e. The molecule has 20 heavy (non-hydrogen) atoms. The molecule has 1 aromatic rings. The molecule has 7 nitrogen and oxygen atoms in total. The van der Waals surface area contributed by atoms with Gasteiger partial charge in [0.1, 0.15) is 11.3 Å². The maximum absolute atomic E-state index is 11.9. The molecule has 0 saturated carbocycles. The Labute approximate surface area is 118 Å². The number of ether oxygens (including phenoxy) is 1. The normalized spacial score (nSPS) is 19.4. The summed E-state index contributed by atoms with van der Waals surface area (Å²) in [5.41, 5.74) is 0.101. The highest BCUT2D eigenvalue weighted by Crippen LogP contribution is 2.20. The molecule has 1 aliphatic heterocycles. The van der Waals surface area contributed by atoms with Crippen molar-refractivity contribution in [2.24, 2.45) is 5.92 Å². The van der Waals surface area contributed by atoms with Crippen molar-refractivity contribution in [2.45, 2.75) is 45.9 Å². The van der Waals surface area contributed by atoms with Crippen molar-refractivity contribution < 1.29 is 14.6 Å². The van der Waals surface area contributed by atoms with Crippen LogP contribution >= 0.6 is 0 Å². The minimum atomic E-state index is -0.461. The first kappa shape index (κ1) is 14.8.